The Morgan fingerprint density at radius 3 is 2.28 bits per heavy atom. The van der Waals surface area contributed by atoms with Gasteiger partial charge >= 0.3 is 21.8 Å². The average Bonchev–Trinajstić information content (AvgIpc) is 2.94. The lowest BCUT2D eigenvalue weighted by Gasteiger charge is -2.16. The fraction of sp³-hybridized carbons (Fsp3) is 0.0345. The Bertz CT molecular complexity index is 1770. The SMILES string of the molecule is [B]OP(=O)(O)OC(=Cc1ccc(O)cc1)c1ccc2c(C(=O)Oc3ccccc3)c3ccccc3[n+](C)c2c1. The van der Waals surface area contributed by atoms with E-state index >= 15 is 0 Å². The summed E-state index contributed by atoms with van der Waals surface area (Å²) >= 11 is 0. The lowest BCUT2D eigenvalue weighted by Crippen LogP contribution is -2.31. The van der Waals surface area contributed by atoms with E-state index in [1.54, 1.807) is 54.6 Å². The van der Waals surface area contributed by atoms with E-state index in [1.165, 1.54) is 18.2 Å². The molecular weight excluding hydrogens is 516 g/mol. The van der Waals surface area contributed by atoms with Gasteiger partial charge in [-0.25, -0.2) is 9.36 Å². The van der Waals surface area contributed by atoms with Crippen LogP contribution in [0.3, 0.4) is 0 Å². The van der Waals surface area contributed by atoms with Gasteiger partial charge in [-0.2, -0.15) is 4.57 Å². The number of rotatable bonds is 7. The fourth-order valence-electron chi connectivity index (χ4n) is 4.32. The van der Waals surface area contributed by atoms with Gasteiger partial charge in [-0.15, -0.1) is 0 Å². The van der Waals surface area contributed by atoms with Crippen LogP contribution in [0.25, 0.3) is 33.6 Å². The molecule has 5 rings (SSSR count). The van der Waals surface area contributed by atoms with Crippen LogP contribution in [0.4, 0.5) is 0 Å². The van der Waals surface area contributed by atoms with Crippen molar-refractivity contribution in [1.29, 1.82) is 0 Å². The number of para-hydroxylation sites is 2. The predicted octanol–water partition coefficient (Wildman–Crippen LogP) is 5.46. The van der Waals surface area contributed by atoms with Gasteiger partial charge in [0.2, 0.25) is 11.0 Å². The van der Waals surface area contributed by atoms with Crippen LogP contribution in [0, 0.1) is 0 Å². The Kier molecular flexibility index (Phi) is 7.22. The number of aromatic hydroxyl groups is 1. The van der Waals surface area contributed by atoms with Crippen LogP contribution in [-0.2, 0) is 20.6 Å². The van der Waals surface area contributed by atoms with Gasteiger partial charge in [0.05, 0.1) is 16.3 Å². The zero-order chi connectivity index (χ0) is 27.6. The molecule has 4 aromatic carbocycles. The van der Waals surface area contributed by atoms with Gasteiger partial charge in [-0.1, -0.05) is 48.5 Å². The number of phenols is 1. The fourth-order valence-corrected chi connectivity index (χ4v) is 4.77. The number of aryl methyl sites for hydroxylation is 1. The highest BCUT2D eigenvalue weighted by Gasteiger charge is 2.27. The number of esters is 1. The normalized spacial score (nSPS) is 13.2. The zero-order valence-corrected chi connectivity index (χ0v) is 21.6. The molecule has 0 aliphatic rings. The summed E-state index contributed by atoms with van der Waals surface area (Å²) in [4.78, 5) is 23.5. The van der Waals surface area contributed by atoms with Gasteiger partial charge in [0, 0.05) is 17.7 Å². The van der Waals surface area contributed by atoms with Gasteiger partial charge in [0.15, 0.2) is 0 Å². The summed E-state index contributed by atoms with van der Waals surface area (Å²) in [6.45, 7) is 0. The van der Waals surface area contributed by atoms with Crippen LogP contribution >= 0.6 is 7.82 Å². The number of phosphoric acid groups is 1. The second kappa shape index (κ2) is 10.7. The lowest BCUT2D eigenvalue weighted by atomic mass is 9.99. The third-order valence-corrected chi connectivity index (χ3v) is 6.84. The van der Waals surface area contributed by atoms with Crippen molar-refractivity contribution in [1.82, 2.24) is 0 Å². The molecule has 10 heteroatoms. The quantitative estimate of drug-likeness (QED) is 0.0415. The number of hydrogen-bond acceptors (Lipinski definition) is 6. The second-order valence-corrected chi connectivity index (χ2v) is 9.98. The van der Waals surface area contributed by atoms with E-state index in [2.05, 4.69) is 4.44 Å². The molecule has 2 N–H and O–H groups in total. The lowest BCUT2D eigenvalue weighted by molar-refractivity contribution is -0.617. The van der Waals surface area contributed by atoms with Gasteiger partial charge in [-0.05, 0) is 48.0 Å². The van der Waals surface area contributed by atoms with Gasteiger partial charge in [0.25, 0.3) is 0 Å². The molecule has 0 saturated carbocycles. The standard InChI is InChI=1S/C29H21BNO7P/c1-31-25-10-6-5-9-23(25)28(29(33)36-22-7-3-2-4-8-22)24-16-13-20(18-26(24)31)27(37-39(34,35)38-30)17-19-11-14-21(32)15-12-19/h2-18H,1H3,(H,34,35)/p+1. The number of phenolic OH excluding ortho intramolecular Hbond substituents is 1. The maximum absolute atomic E-state index is 13.5. The molecule has 2 radical (unpaired) electrons. The van der Waals surface area contributed by atoms with Crippen LogP contribution in [0.5, 0.6) is 11.5 Å². The molecule has 0 fully saturated rings. The Labute approximate surface area is 225 Å². The van der Waals surface area contributed by atoms with Crippen molar-refractivity contribution in [3.8, 4) is 11.5 Å². The highest BCUT2D eigenvalue weighted by molar-refractivity contribution is 7.48. The molecule has 1 unspecified atom stereocenters. The van der Waals surface area contributed by atoms with Crippen molar-refractivity contribution in [3.05, 3.63) is 114 Å². The number of carbonyl (C=O) groups excluding carboxylic acids is 1. The third-order valence-electron chi connectivity index (χ3n) is 6.14. The van der Waals surface area contributed by atoms with Crippen LogP contribution in [-0.4, -0.2) is 24.0 Å². The number of phosphoric ester groups is 1. The molecule has 1 aromatic heterocycles. The number of fused-ring (bicyclic) bond motifs is 2. The minimum Gasteiger partial charge on any atom is -0.508 e. The Morgan fingerprint density at radius 2 is 1.56 bits per heavy atom. The molecule has 1 heterocycles. The van der Waals surface area contributed by atoms with E-state index in [0.29, 0.717) is 38.7 Å². The first-order chi connectivity index (χ1) is 18.8. The number of carbonyl (C=O) groups is 1. The van der Waals surface area contributed by atoms with E-state index in [9.17, 15) is 19.4 Å². The number of aromatic nitrogens is 1. The van der Waals surface area contributed by atoms with Crippen LogP contribution in [0.2, 0.25) is 0 Å². The summed E-state index contributed by atoms with van der Waals surface area (Å²) in [5.41, 5.74) is 2.76. The largest absolute Gasteiger partial charge is 0.511 e. The summed E-state index contributed by atoms with van der Waals surface area (Å²) < 4.78 is 29.3. The molecule has 0 aliphatic carbocycles. The third kappa shape index (κ3) is 5.56. The summed E-state index contributed by atoms with van der Waals surface area (Å²) in [6.07, 6.45) is 1.51. The molecule has 5 aromatic rings. The van der Waals surface area contributed by atoms with Gasteiger partial charge in [-0.3, -0.25) is 4.89 Å². The zero-order valence-electron chi connectivity index (χ0n) is 20.7. The smallest absolute Gasteiger partial charge is 0.508 e. The first-order valence-corrected chi connectivity index (χ1v) is 13.3. The molecule has 0 bridgehead atoms. The molecule has 0 saturated heterocycles. The molecule has 0 spiro atoms. The van der Waals surface area contributed by atoms with Gasteiger partial charge in [0.1, 0.15) is 24.3 Å². The Morgan fingerprint density at radius 1 is 0.897 bits per heavy atom. The van der Waals surface area contributed by atoms with Crippen LogP contribution < -0.4 is 9.30 Å². The van der Waals surface area contributed by atoms with Crippen LogP contribution in [0.15, 0.2) is 97.1 Å². The topological polar surface area (TPSA) is 106 Å². The molecule has 39 heavy (non-hydrogen) atoms. The van der Waals surface area contributed by atoms with Crippen molar-refractivity contribution in [2.24, 2.45) is 7.05 Å². The number of nitrogens with zero attached hydrogens (tertiary/aromatic N) is 1. The van der Waals surface area contributed by atoms with E-state index < -0.39 is 13.8 Å². The van der Waals surface area contributed by atoms with E-state index in [4.69, 9.17) is 17.3 Å². The predicted molar refractivity (Wildman–Crippen MR) is 148 cm³/mol. The monoisotopic (exact) mass is 538 g/mol. The van der Waals surface area contributed by atoms with E-state index in [1.807, 2.05) is 41.9 Å². The maximum Gasteiger partial charge on any atom is 0.511 e. The molecule has 0 aliphatic heterocycles. The average molecular weight is 538 g/mol. The minimum atomic E-state index is -4.64. The van der Waals surface area contributed by atoms with Crippen molar-refractivity contribution in [3.63, 3.8) is 0 Å². The summed E-state index contributed by atoms with van der Waals surface area (Å²) in [6, 6.07) is 27.5. The number of hydrogen-bond donors (Lipinski definition) is 2. The Hall–Kier alpha value is -4.43. The Balaban J connectivity index is 1.70. The van der Waals surface area contributed by atoms with Crippen molar-refractivity contribution >= 4 is 55.5 Å². The van der Waals surface area contributed by atoms with E-state index in [-0.39, 0.29) is 11.5 Å². The first kappa shape index (κ1) is 26.2. The van der Waals surface area contributed by atoms with Crippen molar-refractivity contribution in [2.45, 2.75) is 0 Å². The highest BCUT2D eigenvalue weighted by atomic mass is 31.2. The maximum atomic E-state index is 13.5. The van der Waals surface area contributed by atoms with Gasteiger partial charge < -0.3 is 18.8 Å². The van der Waals surface area contributed by atoms with Crippen molar-refractivity contribution in [2.75, 3.05) is 0 Å². The highest BCUT2D eigenvalue weighted by Crippen LogP contribution is 2.47. The molecule has 1 atom stereocenters. The minimum absolute atomic E-state index is 0.0135. The summed E-state index contributed by atoms with van der Waals surface area (Å²) in [5, 5.41) is 10.9. The van der Waals surface area contributed by atoms with Crippen LogP contribution in [0.1, 0.15) is 21.5 Å². The summed E-state index contributed by atoms with van der Waals surface area (Å²) in [7, 11) is 2.20. The van der Waals surface area contributed by atoms with E-state index in [0.717, 1.165) is 5.52 Å². The number of benzene rings is 4. The molecule has 192 valence electrons. The van der Waals surface area contributed by atoms with Crippen molar-refractivity contribution < 1.29 is 37.6 Å². The molecular formula is C29H22BNO7P+. The molecule has 8 nitrogen and oxygen atoms in total. The number of pyridine rings is 1. The summed E-state index contributed by atoms with van der Waals surface area (Å²) in [5.74, 6) is -0.0615. The second-order valence-electron chi connectivity index (χ2n) is 8.65. The first-order valence-electron chi connectivity index (χ1n) is 11.8. The number of ether oxygens (including phenoxy) is 1. The molecule has 0 amide bonds.